The van der Waals surface area contributed by atoms with E-state index in [1.165, 1.54) is 49.5 Å². The van der Waals surface area contributed by atoms with Crippen molar-refractivity contribution < 1.29 is 0 Å². The quantitative estimate of drug-likeness (QED) is 0.921. The van der Waals surface area contributed by atoms with Gasteiger partial charge in [0.05, 0.1) is 11.2 Å². The highest BCUT2D eigenvalue weighted by atomic mass is 35.5. The maximum atomic E-state index is 6.26. The van der Waals surface area contributed by atoms with E-state index >= 15 is 0 Å². The summed E-state index contributed by atoms with van der Waals surface area (Å²) in [7, 11) is 0. The van der Waals surface area contributed by atoms with E-state index in [1.807, 2.05) is 5.51 Å². The van der Waals surface area contributed by atoms with E-state index in [4.69, 9.17) is 5.73 Å². The van der Waals surface area contributed by atoms with Crippen molar-refractivity contribution in [3.05, 3.63) is 16.1 Å². The van der Waals surface area contributed by atoms with Gasteiger partial charge in [-0.25, -0.2) is 4.98 Å². The van der Waals surface area contributed by atoms with Gasteiger partial charge in [-0.05, 0) is 38.0 Å². The van der Waals surface area contributed by atoms with Crippen molar-refractivity contribution in [2.24, 2.45) is 17.6 Å². The Balaban J connectivity index is 0.000001000. The van der Waals surface area contributed by atoms with E-state index in [-0.39, 0.29) is 24.8 Å². The van der Waals surface area contributed by atoms with E-state index in [2.05, 4.69) is 16.8 Å². The fourth-order valence-corrected chi connectivity index (χ4v) is 4.39. The first kappa shape index (κ1) is 18.2. The van der Waals surface area contributed by atoms with Crippen molar-refractivity contribution in [1.82, 2.24) is 9.88 Å². The second kappa shape index (κ2) is 7.95. The molecule has 20 heavy (non-hydrogen) atoms. The summed E-state index contributed by atoms with van der Waals surface area (Å²) >= 11 is 1.80. The summed E-state index contributed by atoms with van der Waals surface area (Å²) < 4.78 is 0. The first-order chi connectivity index (χ1) is 8.74. The van der Waals surface area contributed by atoms with Crippen LogP contribution in [0.1, 0.15) is 29.8 Å². The van der Waals surface area contributed by atoms with Crippen molar-refractivity contribution in [2.75, 3.05) is 19.6 Å². The minimum Gasteiger partial charge on any atom is -0.327 e. The van der Waals surface area contributed by atoms with Crippen LogP contribution < -0.4 is 5.73 Å². The third kappa shape index (κ3) is 3.86. The lowest BCUT2D eigenvalue weighted by Gasteiger charge is -2.29. The van der Waals surface area contributed by atoms with Crippen LogP contribution in [0.2, 0.25) is 0 Å². The molecule has 116 valence electrons. The summed E-state index contributed by atoms with van der Waals surface area (Å²) in [6, 6.07) is 0.457. The van der Waals surface area contributed by atoms with Crippen molar-refractivity contribution in [3.8, 4) is 0 Å². The number of nitrogens with zero attached hydrogens (tertiary/aromatic N) is 2. The summed E-state index contributed by atoms with van der Waals surface area (Å²) in [5.74, 6) is 1.64. The highest BCUT2D eigenvalue weighted by molar-refractivity contribution is 7.09. The maximum Gasteiger partial charge on any atom is 0.0797 e. The Morgan fingerprint density at radius 2 is 2.15 bits per heavy atom. The zero-order valence-electron chi connectivity index (χ0n) is 12.0. The Morgan fingerprint density at radius 1 is 1.35 bits per heavy atom. The third-order valence-corrected chi connectivity index (χ3v) is 5.72. The van der Waals surface area contributed by atoms with Crippen LogP contribution in [0.25, 0.3) is 0 Å². The number of likely N-dealkylation sites (tertiary alicyclic amines) is 1. The Hall–Kier alpha value is 0.130. The summed E-state index contributed by atoms with van der Waals surface area (Å²) in [5, 5.41) is 0. The summed E-state index contributed by atoms with van der Waals surface area (Å²) in [6.07, 6.45) is 5.13. The Bertz CT molecular complexity index is 413. The lowest BCUT2D eigenvalue weighted by atomic mass is 9.78. The van der Waals surface area contributed by atoms with E-state index in [9.17, 15) is 0 Å². The number of rotatable bonds is 3. The summed E-state index contributed by atoms with van der Waals surface area (Å²) in [5.41, 5.74) is 9.44. The molecular weight excluding hydrogens is 313 g/mol. The van der Waals surface area contributed by atoms with Gasteiger partial charge in [0, 0.05) is 30.6 Å². The van der Waals surface area contributed by atoms with Gasteiger partial charge in [0.15, 0.2) is 0 Å². The zero-order chi connectivity index (χ0) is 12.5. The molecule has 1 aromatic heterocycles. The number of thiazole rings is 1. The number of aromatic nitrogens is 1. The summed E-state index contributed by atoms with van der Waals surface area (Å²) in [4.78, 5) is 8.40. The molecule has 6 heteroatoms. The molecule has 0 bridgehead atoms. The molecule has 0 spiro atoms. The highest BCUT2D eigenvalue weighted by Gasteiger charge is 2.38. The van der Waals surface area contributed by atoms with Crippen molar-refractivity contribution >= 4 is 36.2 Å². The van der Waals surface area contributed by atoms with E-state index in [0.29, 0.717) is 6.04 Å². The van der Waals surface area contributed by atoms with Gasteiger partial charge in [-0.3, -0.25) is 0 Å². The second-order valence-corrected chi connectivity index (χ2v) is 6.83. The largest absolute Gasteiger partial charge is 0.327 e. The first-order valence-electron chi connectivity index (χ1n) is 7.11. The maximum absolute atomic E-state index is 6.26. The molecule has 2 N–H and O–H groups in total. The molecule has 0 radical (unpaired) electrons. The number of nitrogens with two attached hydrogens (primary N) is 1. The van der Waals surface area contributed by atoms with Gasteiger partial charge < -0.3 is 10.6 Å². The predicted molar refractivity (Wildman–Crippen MR) is 90.3 cm³/mol. The lowest BCUT2D eigenvalue weighted by Crippen LogP contribution is -2.38. The number of fused-ring (bicyclic) bond motifs is 1. The van der Waals surface area contributed by atoms with Crippen LogP contribution in [0.4, 0.5) is 0 Å². The number of hydrogen-bond acceptors (Lipinski definition) is 4. The third-order valence-electron chi connectivity index (χ3n) is 4.73. The SMILES string of the molecule is Cc1ncsc1CCN1CC2CCCC(N)C2C1.Cl.Cl. The molecule has 1 aliphatic heterocycles. The van der Waals surface area contributed by atoms with Crippen LogP contribution in [-0.2, 0) is 6.42 Å². The van der Waals surface area contributed by atoms with E-state index in [0.717, 1.165) is 18.3 Å². The van der Waals surface area contributed by atoms with E-state index < -0.39 is 0 Å². The number of halogens is 2. The van der Waals surface area contributed by atoms with Crippen LogP contribution in [0.5, 0.6) is 0 Å². The topological polar surface area (TPSA) is 42.2 Å². The Morgan fingerprint density at radius 3 is 2.80 bits per heavy atom. The van der Waals surface area contributed by atoms with Crippen molar-refractivity contribution in [2.45, 2.75) is 38.6 Å². The molecule has 3 rings (SSSR count). The minimum atomic E-state index is 0. The van der Waals surface area contributed by atoms with Gasteiger partial charge >= 0.3 is 0 Å². The lowest BCUT2D eigenvalue weighted by molar-refractivity contribution is 0.259. The molecule has 2 aliphatic rings. The molecule has 2 heterocycles. The van der Waals surface area contributed by atoms with Crippen LogP contribution in [0.3, 0.4) is 0 Å². The standard InChI is InChI=1S/C14H23N3S.2ClH/c1-10-14(18-9-16-10)5-6-17-7-11-3-2-4-13(15)12(11)8-17;;/h9,11-13H,2-8,15H2,1H3;2*1H. The molecule has 2 fully saturated rings. The Kier molecular flexibility index (Phi) is 7.22. The van der Waals surface area contributed by atoms with Crippen molar-refractivity contribution in [3.63, 3.8) is 0 Å². The average Bonchev–Trinajstić information content (AvgIpc) is 2.93. The van der Waals surface area contributed by atoms with Gasteiger partial charge in [0.2, 0.25) is 0 Å². The van der Waals surface area contributed by atoms with Gasteiger partial charge in [0.1, 0.15) is 0 Å². The molecule has 3 atom stereocenters. The molecule has 3 nitrogen and oxygen atoms in total. The zero-order valence-corrected chi connectivity index (χ0v) is 14.4. The van der Waals surface area contributed by atoms with Gasteiger partial charge in [-0.1, -0.05) is 6.42 Å². The molecule has 1 aromatic rings. The van der Waals surface area contributed by atoms with Crippen LogP contribution >= 0.6 is 36.2 Å². The van der Waals surface area contributed by atoms with E-state index in [1.54, 1.807) is 11.3 Å². The second-order valence-electron chi connectivity index (χ2n) is 5.89. The smallest absolute Gasteiger partial charge is 0.0797 e. The number of hydrogen-bond donors (Lipinski definition) is 1. The van der Waals surface area contributed by atoms with Gasteiger partial charge in [-0.15, -0.1) is 36.2 Å². The van der Waals surface area contributed by atoms with Crippen LogP contribution in [-0.4, -0.2) is 35.6 Å². The van der Waals surface area contributed by atoms with Gasteiger partial charge in [0.25, 0.3) is 0 Å². The minimum absolute atomic E-state index is 0. The molecule has 0 aromatic carbocycles. The average molecular weight is 338 g/mol. The number of aryl methyl sites for hydroxylation is 1. The van der Waals surface area contributed by atoms with Crippen LogP contribution in [0.15, 0.2) is 5.51 Å². The summed E-state index contributed by atoms with van der Waals surface area (Å²) in [6.45, 7) is 5.80. The Labute approximate surface area is 138 Å². The predicted octanol–water partition coefficient (Wildman–Crippen LogP) is 2.90. The van der Waals surface area contributed by atoms with Crippen molar-refractivity contribution in [1.29, 1.82) is 0 Å². The molecular formula is C14H25Cl2N3S. The highest BCUT2D eigenvalue weighted by Crippen LogP contribution is 2.35. The van der Waals surface area contributed by atoms with Crippen LogP contribution in [0, 0.1) is 18.8 Å². The monoisotopic (exact) mass is 337 g/mol. The first-order valence-corrected chi connectivity index (χ1v) is 7.99. The molecule has 1 aliphatic carbocycles. The molecule has 1 saturated carbocycles. The molecule has 3 unspecified atom stereocenters. The molecule has 0 amide bonds. The van der Waals surface area contributed by atoms with Gasteiger partial charge in [-0.2, -0.15) is 0 Å². The fraction of sp³-hybridized carbons (Fsp3) is 0.786. The molecule has 1 saturated heterocycles. The normalized spacial score (nSPS) is 29.4. The fourth-order valence-electron chi connectivity index (χ4n) is 3.62.